The molecule has 0 fully saturated rings. The molecule has 20 heavy (non-hydrogen) atoms. The summed E-state index contributed by atoms with van der Waals surface area (Å²) in [6, 6.07) is 5.20. The molecule has 3 nitrogen and oxygen atoms in total. The molecule has 0 aromatic heterocycles. The zero-order chi connectivity index (χ0) is 15.3. The predicted molar refractivity (Wildman–Crippen MR) is 62.1 cm³/mol. The van der Waals surface area contributed by atoms with Crippen LogP contribution in [0.4, 0.5) is 17.6 Å². The van der Waals surface area contributed by atoms with Crippen LogP contribution in [0.5, 0.6) is 0 Å². The van der Waals surface area contributed by atoms with Crippen LogP contribution in [0, 0.1) is 5.82 Å². The second-order valence-electron chi connectivity index (χ2n) is 3.83. The Morgan fingerprint density at radius 3 is 2.35 bits per heavy atom. The van der Waals surface area contributed by atoms with Crippen LogP contribution in [0.15, 0.2) is 29.8 Å². The number of ether oxygens (including phenoxy) is 1. The number of alkyl halides is 3. The second-order valence-corrected chi connectivity index (χ2v) is 3.83. The summed E-state index contributed by atoms with van der Waals surface area (Å²) in [5.74, 6) is -2.98. The quantitative estimate of drug-likeness (QED) is 0.281. The molecule has 1 rings (SSSR count). The Hall–Kier alpha value is -2.18. The summed E-state index contributed by atoms with van der Waals surface area (Å²) in [4.78, 5) is 22.7. The molecule has 0 aliphatic carbocycles. The Labute approximate surface area is 111 Å². The van der Waals surface area contributed by atoms with Gasteiger partial charge >= 0.3 is 12.1 Å². The molecule has 0 aliphatic rings. The maximum atomic E-state index is 13.4. The van der Waals surface area contributed by atoms with E-state index in [1.807, 2.05) is 0 Å². The lowest BCUT2D eigenvalue weighted by atomic mass is 10.1. The van der Waals surface area contributed by atoms with E-state index in [-0.39, 0.29) is 5.56 Å². The van der Waals surface area contributed by atoms with Gasteiger partial charge in [0, 0.05) is 5.56 Å². The van der Waals surface area contributed by atoms with E-state index < -0.39 is 35.9 Å². The van der Waals surface area contributed by atoms with Crippen LogP contribution >= 0.6 is 0 Å². The van der Waals surface area contributed by atoms with Crippen LogP contribution in [0.1, 0.15) is 12.5 Å². The van der Waals surface area contributed by atoms with Crippen molar-refractivity contribution in [1.82, 2.24) is 0 Å². The van der Waals surface area contributed by atoms with E-state index in [0.717, 1.165) is 19.1 Å². The van der Waals surface area contributed by atoms with Crippen LogP contribution in [-0.2, 0) is 14.3 Å². The molecular weight excluding hydrogens is 280 g/mol. The molecular formula is C13H10F4O3. The Morgan fingerprint density at radius 1 is 1.25 bits per heavy atom. The minimum Gasteiger partial charge on any atom is -0.452 e. The number of esters is 1. The van der Waals surface area contributed by atoms with Crippen LogP contribution < -0.4 is 0 Å². The van der Waals surface area contributed by atoms with Gasteiger partial charge in [-0.2, -0.15) is 13.2 Å². The van der Waals surface area contributed by atoms with E-state index >= 15 is 0 Å². The predicted octanol–water partition coefficient (Wildman–Crippen LogP) is 2.90. The maximum Gasteiger partial charge on any atom is 0.422 e. The van der Waals surface area contributed by atoms with Crippen molar-refractivity contribution in [2.75, 3.05) is 6.61 Å². The molecule has 0 amide bonds. The molecule has 1 aromatic carbocycles. The van der Waals surface area contributed by atoms with Crippen molar-refractivity contribution in [3.63, 3.8) is 0 Å². The van der Waals surface area contributed by atoms with Crippen molar-refractivity contribution in [3.8, 4) is 0 Å². The standard InChI is InChI=1S/C13H10F4O3/c1-8(18)10(12(19)20-7-13(15,16)17)6-9-4-2-3-5-11(9)14/h2-6H,7H2,1H3. The SMILES string of the molecule is CC(=O)C(=Cc1ccccc1F)C(=O)OCC(F)(F)F. The third-order valence-corrected chi connectivity index (χ3v) is 2.17. The van der Waals surface area contributed by atoms with E-state index in [1.54, 1.807) is 0 Å². The first-order chi connectivity index (χ1) is 9.20. The third-order valence-electron chi connectivity index (χ3n) is 2.17. The van der Waals surface area contributed by atoms with E-state index in [0.29, 0.717) is 0 Å². The summed E-state index contributed by atoms with van der Waals surface area (Å²) in [7, 11) is 0. The third kappa shape index (κ3) is 4.83. The monoisotopic (exact) mass is 290 g/mol. The van der Waals surface area contributed by atoms with Gasteiger partial charge in [0.15, 0.2) is 12.4 Å². The minimum absolute atomic E-state index is 0.0957. The molecule has 7 heteroatoms. The van der Waals surface area contributed by atoms with Crippen molar-refractivity contribution in [2.24, 2.45) is 0 Å². The Morgan fingerprint density at radius 2 is 1.85 bits per heavy atom. The number of hydrogen-bond donors (Lipinski definition) is 0. The molecule has 0 atom stereocenters. The van der Waals surface area contributed by atoms with Gasteiger partial charge in [0.1, 0.15) is 11.4 Å². The summed E-state index contributed by atoms with van der Waals surface area (Å²) >= 11 is 0. The zero-order valence-corrected chi connectivity index (χ0v) is 10.3. The lowest BCUT2D eigenvalue weighted by Crippen LogP contribution is -2.23. The fourth-order valence-corrected chi connectivity index (χ4v) is 1.28. The summed E-state index contributed by atoms with van der Waals surface area (Å²) in [5.41, 5.74) is -0.749. The highest BCUT2D eigenvalue weighted by molar-refractivity contribution is 6.19. The van der Waals surface area contributed by atoms with Gasteiger partial charge in [0.05, 0.1) is 0 Å². The average Bonchev–Trinajstić information content (AvgIpc) is 2.33. The molecule has 0 saturated heterocycles. The van der Waals surface area contributed by atoms with Gasteiger partial charge < -0.3 is 4.74 Å². The number of carbonyl (C=O) groups excluding carboxylic acids is 2. The van der Waals surface area contributed by atoms with Crippen molar-refractivity contribution in [3.05, 3.63) is 41.2 Å². The number of halogens is 4. The zero-order valence-electron chi connectivity index (χ0n) is 10.3. The van der Waals surface area contributed by atoms with Gasteiger partial charge in [0.2, 0.25) is 0 Å². The number of benzene rings is 1. The summed E-state index contributed by atoms with van der Waals surface area (Å²) < 4.78 is 53.1. The highest BCUT2D eigenvalue weighted by Crippen LogP contribution is 2.17. The molecule has 108 valence electrons. The van der Waals surface area contributed by atoms with Crippen molar-refractivity contribution in [1.29, 1.82) is 0 Å². The molecule has 0 spiro atoms. The first-order valence-electron chi connectivity index (χ1n) is 5.42. The van der Waals surface area contributed by atoms with E-state index in [9.17, 15) is 27.2 Å². The van der Waals surface area contributed by atoms with Gasteiger partial charge in [-0.15, -0.1) is 0 Å². The van der Waals surface area contributed by atoms with E-state index in [4.69, 9.17) is 0 Å². The number of rotatable bonds is 4. The van der Waals surface area contributed by atoms with Gasteiger partial charge in [-0.05, 0) is 19.1 Å². The second kappa shape index (κ2) is 6.31. The molecule has 0 N–H and O–H groups in total. The average molecular weight is 290 g/mol. The molecule has 0 saturated carbocycles. The summed E-state index contributed by atoms with van der Waals surface area (Å²) in [6.45, 7) is -0.838. The molecule has 0 bridgehead atoms. The fraction of sp³-hybridized carbons (Fsp3) is 0.231. The van der Waals surface area contributed by atoms with Crippen molar-refractivity contribution < 1.29 is 31.9 Å². The highest BCUT2D eigenvalue weighted by Gasteiger charge is 2.30. The molecule has 0 aliphatic heterocycles. The number of ketones is 1. The highest BCUT2D eigenvalue weighted by atomic mass is 19.4. The van der Waals surface area contributed by atoms with Crippen molar-refractivity contribution >= 4 is 17.8 Å². The lowest BCUT2D eigenvalue weighted by molar-refractivity contribution is -0.183. The van der Waals surface area contributed by atoms with Gasteiger partial charge in [-0.3, -0.25) is 4.79 Å². The largest absolute Gasteiger partial charge is 0.452 e. The van der Waals surface area contributed by atoms with Gasteiger partial charge in [0.25, 0.3) is 0 Å². The molecule has 0 radical (unpaired) electrons. The summed E-state index contributed by atoms with van der Waals surface area (Å²) in [6.07, 6.45) is -3.84. The maximum absolute atomic E-state index is 13.4. The lowest BCUT2D eigenvalue weighted by Gasteiger charge is -2.08. The topological polar surface area (TPSA) is 43.4 Å². The van der Waals surface area contributed by atoms with Crippen LogP contribution in [-0.4, -0.2) is 24.5 Å². The van der Waals surface area contributed by atoms with Crippen LogP contribution in [0.25, 0.3) is 6.08 Å². The van der Waals surface area contributed by atoms with Crippen LogP contribution in [0.2, 0.25) is 0 Å². The number of Topliss-reactive ketones (excluding diaryl/α,β-unsaturated/α-hetero) is 1. The van der Waals surface area contributed by atoms with E-state index in [1.165, 1.54) is 18.2 Å². The first-order valence-corrected chi connectivity index (χ1v) is 5.42. The number of carbonyl (C=O) groups is 2. The molecule has 0 heterocycles. The van der Waals surface area contributed by atoms with Gasteiger partial charge in [-0.25, -0.2) is 9.18 Å². The normalized spacial score (nSPS) is 12.2. The van der Waals surface area contributed by atoms with Crippen molar-refractivity contribution in [2.45, 2.75) is 13.1 Å². The minimum atomic E-state index is -4.70. The van der Waals surface area contributed by atoms with Crippen LogP contribution in [0.3, 0.4) is 0 Å². The molecule has 1 aromatic rings. The first kappa shape index (κ1) is 15.9. The molecule has 0 unspecified atom stereocenters. The Balaban J connectivity index is 2.98. The Bertz CT molecular complexity index is 547. The van der Waals surface area contributed by atoms with Gasteiger partial charge in [-0.1, -0.05) is 18.2 Å². The fourth-order valence-electron chi connectivity index (χ4n) is 1.28. The number of hydrogen-bond acceptors (Lipinski definition) is 3. The summed E-state index contributed by atoms with van der Waals surface area (Å²) in [5, 5.41) is 0. The Kier molecular flexibility index (Phi) is 5.01. The van der Waals surface area contributed by atoms with E-state index in [2.05, 4.69) is 4.74 Å². The smallest absolute Gasteiger partial charge is 0.422 e.